The lowest BCUT2D eigenvalue weighted by Gasteiger charge is -2.34. The molecular weight excluding hydrogens is 344 g/mol. The monoisotopic (exact) mass is 364 g/mol. The largest absolute Gasteiger partial charge is 0.492 e. The number of aryl methyl sites for hydroxylation is 1. The average Bonchev–Trinajstić information content (AvgIpc) is 2.60. The van der Waals surface area contributed by atoms with Crippen LogP contribution in [0.2, 0.25) is 5.02 Å². The smallest absolute Gasteiger partial charge is 0.324 e. The zero-order chi connectivity index (χ0) is 18.4. The summed E-state index contributed by atoms with van der Waals surface area (Å²) in [6.07, 6.45) is 1.19. The van der Waals surface area contributed by atoms with E-state index >= 15 is 0 Å². The third-order valence-electron chi connectivity index (χ3n) is 4.47. The van der Waals surface area contributed by atoms with Crippen molar-refractivity contribution in [3.05, 3.63) is 28.8 Å². The maximum absolute atomic E-state index is 12.2. The Kier molecular flexibility index (Phi) is 6.27. The minimum absolute atomic E-state index is 0.0458. The topological polar surface area (TPSA) is 90.6 Å². The van der Waals surface area contributed by atoms with Crippen molar-refractivity contribution >= 4 is 23.5 Å². The Labute approximate surface area is 151 Å². The molecule has 134 valence electrons. The van der Waals surface area contributed by atoms with Crippen LogP contribution in [0.3, 0.4) is 0 Å². The number of carbonyl (C=O) groups is 2. The van der Waals surface area contributed by atoms with Gasteiger partial charge in [0, 0.05) is 19.5 Å². The first-order chi connectivity index (χ1) is 11.9. The van der Waals surface area contributed by atoms with Crippen LogP contribution < -0.4 is 4.74 Å². The standard InChI is InChI=1S/C18H21ClN2O4/c1-13-4-5-15(14(19)11-13)25-10-2-3-16(22)21-8-6-18(12-20,7-9-21)17(23)24/h4-5,11H,2-3,6-10H2,1H3,(H,23,24). The van der Waals surface area contributed by atoms with Crippen LogP contribution in [-0.4, -0.2) is 41.6 Å². The molecule has 1 fully saturated rings. The van der Waals surface area contributed by atoms with Crippen LogP contribution in [0.25, 0.3) is 0 Å². The number of carbonyl (C=O) groups excluding carboxylic acids is 1. The van der Waals surface area contributed by atoms with Gasteiger partial charge in [-0.2, -0.15) is 5.26 Å². The Morgan fingerprint density at radius 2 is 2.08 bits per heavy atom. The fourth-order valence-electron chi connectivity index (χ4n) is 2.80. The van der Waals surface area contributed by atoms with E-state index in [0.717, 1.165) is 5.56 Å². The molecule has 1 N–H and O–H groups in total. The van der Waals surface area contributed by atoms with Crippen LogP contribution in [0.4, 0.5) is 0 Å². The molecule has 0 saturated carbocycles. The van der Waals surface area contributed by atoms with Crippen molar-refractivity contribution in [2.45, 2.75) is 32.6 Å². The number of amides is 1. The van der Waals surface area contributed by atoms with Gasteiger partial charge in [-0.1, -0.05) is 17.7 Å². The number of benzene rings is 1. The fourth-order valence-corrected chi connectivity index (χ4v) is 3.09. The molecule has 1 amide bonds. The van der Waals surface area contributed by atoms with Gasteiger partial charge in [0.05, 0.1) is 17.7 Å². The molecule has 0 unspecified atom stereocenters. The van der Waals surface area contributed by atoms with Crippen LogP contribution in [0.15, 0.2) is 18.2 Å². The molecule has 1 aromatic carbocycles. The number of piperidine rings is 1. The number of halogens is 1. The fraction of sp³-hybridized carbons (Fsp3) is 0.500. The summed E-state index contributed by atoms with van der Waals surface area (Å²) in [6.45, 7) is 2.91. The highest BCUT2D eigenvalue weighted by Gasteiger charge is 2.42. The molecule has 0 bridgehead atoms. The molecule has 7 heteroatoms. The summed E-state index contributed by atoms with van der Waals surface area (Å²) in [5.41, 5.74) is -0.310. The van der Waals surface area contributed by atoms with Crippen molar-refractivity contribution in [2.75, 3.05) is 19.7 Å². The highest BCUT2D eigenvalue weighted by molar-refractivity contribution is 6.32. The highest BCUT2D eigenvalue weighted by Crippen LogP contribution is 2.31. The van der Waals surface area contributed by atoms with E-state index in [1.54, 1.807) is 11.0 Å². The third kappa shape index (κ3) is 4.64. The van der Waals surface area contributed by atoms with E-state index in [-0.39, 0.29) is 18.7 Å². The van der Waals surface area contributed by atoms with Crippen LogP contribution in [0.5, 0.6) is 5.75 Å². The Bertz CT molecular complexity index is 691. The summed E-state index contributed by atoms with van der Waals surface area (Å²) in [4.78, 5) is 25.1. The maximum Gasteiger partial charge on any atom is 0.324 e. The first kappa shape index (κ1) is 19.1. The lowest BCUT2D eigenvalue weighted by Crippen LogP contribution is -2.45. The van der Waals surface area contributed by atoms with Gasteiger partial charge in [-0.3, -0.25) is 9.59 Å². The average molecular weight is 365 g/mol. The van der Waals surface area contributed by atoms with Gasteiger partial charge in [-0.05, 0) is 43.9 Å². The minimum atomic E-state index is -1.36. The molecule has 1 saturated heterocycles. The maximum atomic E-state index is 12.2. The van der Waals surface area contributed by atoms with Crippen LogP contribution in [0.1, 0.15) is 31.2 Å². The van der Waals surface area contributed by atoms with Crippen molar-refractivity contribution in [3.63, 3.8) is 0 Å². The normalized spacial score (nSPS) is 16.1. The van der Waals surface area contributed by atoms with Gasteiger partial charge in [0.1, 0.15) is 5.75 Å². The molecule has 0 aliphatic carbocycles. The number of ether oxygens (including phenoxy) is 1. The van der Waals surface area contributed by atoms with E-state index in [0.29, 0.717) is 43.3 Å². The van der Waals surface area contributed by atoms with E-state index < -0.39 is 11.4 Å². The molecule has 2 rings (SSSR count). The molecule has 1 aliphatic heterocycles. The summed E-state index contributed by atoms with van der Waals surface area (Å²) in [6, 6.07) is 7.41. The summed E-state index contributed by atoms with van der Waals surface area (Å²) >= 11 is 6.08. The zero-order valence-electron chi connectivity index (χ0n) is 14.1. The van der Waals surface area contributed by atoms with E-state index in [2.05, 4.69) is 0 Å². The number of nitriles is 1. The van der Waals surface area contributed by atoms with Gasteiger partial charge >= 0.3 is 5.97 Å². The number of aliphatic carboxylic acids is 1. The zero-order valence-corrected chi connectivity index (χ0v) is 14.9. The molecule has 1 aromatic rings. The summed E-state index contributed by atoms with van der Waals surface area (Å²) < 4.78 is 5.59. The van der Waals surface area contributed by atoms with Crippen LogP contribution in [0, 0.1) is 23.7 Å². The van der Waals surface area contributed by atoms with Gasteiger partial charge < -0.3 is 14.7 Å². The predicted octanol–water partition coefficient (Wildman–Crippen LogP) is 3.02. The van der Waals surface area contributed by atoms with E-state index in [1.807, 2.05) is 25.1 Å². The predicted molar refractivity (Wildman–Crippen MR) is 92.4 cm³/mol. The molecule has 1 heterocycles. The van der Waals surface area contributed by atoms with Gasteiger partial charge in [0.15, 0.2) is 5.41 Å². The van der Waals surface area contributed by atoms with E-state index in [1.165, 1.54) is 0 Å². The quantitative estimate of drug-likeness (QED) is 0.783. The number of nitrogens with zero attached hydrogens (tertiary/aromatic N) is 2. The van der Waals surface area contributed by atoms with Gasteiger partial charge in [0.25, 0.3) is 0 Å². The summed E-state index contributed by atoms with van der Waals surface area (Å²) in [5, 5.41) is 18.8. The second-order valence-corrected chi connectivity index (χ2v) is 6.67. The van der Waals surface area contributed by atoms with Crippen molar-refractivity contribution < 1.29 is 19.4 Å². The second kappa shape index (κ2) is 8.21. The van der Waals surface area contributed by atoms with Gasteiger partial charge in [0.2, 0.25) is 5.91 Å². The second-order valence-electron chi connectivity index (χ2n) is 6.27. The minimum Gasteiger partial charge on any atom is -0.492 e. The Morgan fingerprint density at radius 1 is 1.40 bits per heavy atom. The van der Waals surface area contributed by atoms with Crippen molar-refractivity contribution in [2.24, 2.45) is 5.41 Å². The van der Waals surface area contributed by atoms with Crippen molar-refractivity contribution in [1.82, 2.24) is 4.90 Å². The lowest BCUT2D eigenvalue weighted by molar-refractivity contribution is -0.150. The molecule has 25 heavy (non-hydrogen) atoms. The lowest BCUT2D eigenvalue weighted by atomic mass is 9.80. The molecule has 0 radical (unpaired) electrons. The molecule has 0 aromatic heterocycles. The highest BCUT2D eigenvalue weighted by atomic mass is 35.5. The van der Waals surface area contributed by atoms with Crippen LogP contribution >= 0.6 is 11.6 Å². The van der Waals surface area contributed by atoms with Gasteiger partial charge in [-0.15, -0.1) is 0 Å². The number of hydrogen-bond donors (Lipinski definition) is 1. The Hall–Kier alpha value is -2.26. The first-order valence-electron chi connectivity index (χ1n) is 8.19. The number of rotatable bonds is 6. The number of carboxylic acid groups (broad SMARTS) is 1. The van der Waals surface area contributed by atoms with E-state index in [4.69, 9.17) is 21.6 Å². The summed E-state index contributed by atoms with van der Waals surface area (Å²) in [7, 11) is 0. The number of carboxylic acids is 1. The molecule has 0 spiro atoms. The van der Waals surface area contributed by atoms with Crippen molar-refractivity contribution in [3.8, 4) is 11.8 Å². The summed E-state index contributed by atoms with van der Waals surface area (Å²) in [5.74, 6) is -0.557. The Morgan fingerprint density at radius 3 is 2.64 bits per heavy atom. The Balaban J connectivity index is 1.75. The molecular formula is C18H21ClN2O4. The SMILES string of the molecule is Cc1ccc(OCCCC(=O)N2CCC(C#N)(C(=O)O)CC2)c(Cl)c1. The molecule has 0 atom stereocenters. The number of hydrogen-bond acceptors (Lipinski definition) is 4. The molecule has 6 nitrogen and oxygen atoms in total. The first-order valence-corrected chi connectivity index (χ1v) is 8.57. The van der Waals surface area contributed by atoms with Gasteiger partial charge in [-0.25, -0.2) is 0 Å². The molecule has 1 aliphatic rings. The third-order valence-corrected chi connectivity index (χ3v) is 4.77. The number of likely N-dealkylation sites (tertiary alicyclic amines) is 1. The van der Waals surface area contributed by atoms with Crippen molar-refractivity contribution in [1.29, 1.82) is 5.26 Å². The van der Waals surface area contributed by atoms with E-state index in [9.17, 15) is 14.7 Å². The van der Waals surface area contributed by atoms with Crippen LogP contribution in [-0.2, 0) is 9.59 Å².